The highest BCUT2D eigenvalue weighted by Gasteiger charge is 2.44. The highest BCUT2D eigenvalue weighted by Crippen LogP contribution is 2.23. The normalized spacial score (nSPS) is 24.5. The van der Waals surface area contributed by atoms with Gasteiger partial charge in [-0.2, -0.15) is 0 Å². The second-order valence-electron chi connectivity index (χ2n) is 12.9. The fourth-order valence-corrected chi connectivity index (χ4v) is 5.56. The van der Waals surface area contributed by atoms with Crippen LogP contribution in [0.25, 0.3) is 0 Å². The van der Waals surface area contributed by atoms with Crippen molar-refractivity contribution in [3.8, 4) is 0 Å². The monoisotopic (exact) mass is 673 g/mol. The average molecular weight is 674 g/mol. The molecule has 0 spiro atoms. The summed E-state index contributed by atoms with van der Waals surface area (Å²) in [7, 11) is 0. The molecule has 276 valence electrons. The molecule has 11 heteroatoms. The Bertz CT molecular complexity index is 826. The predicted molar refractivity (Wildman–Crippen MR) is 182 cm³/mol. The van der Waals surface area contributed by atoms with Gasteiger partial charge < -0.3 is 50.5 Å². The summed E-state index contributed by atoms with van der Waals surface area (Å²) >= 11 is 0. The van der Waals surface area contributed by atoms with Crippen molar-refractivity contribution in [2.24, 2.45) is 0 Å². The van der Waals surface area contributed by atoms with Crippen LogP contribution in [-0.4, -0.2) is 110 Å². The van der Waals surface area contributed by atoms with Gasteiger partial charge in [-0.1, -0.05) is 95.9 Å². The molecule has 0 radical (unpaired) electrons. The molecular formula is C36H67NO10. The fraction of sp³-hybridized carbons (Fsp3) is 0.861. The summed E-state index contributed by atoms with van der Waals surface area (Å²) in [5.41, 5.74) is 0. The molecular weight excluding hydrogens is 606 g/mol. The van der Waals surface area contributed by atoms with E-state index in [1.165, 1.54) is 32.1 Å². The van der Waals surface area contributed by atoms with Crippen LogP contribution >= 0.6 is 0 Å². The zero-order valence-corrected chi connectivity index (χ0v) is 29.0. The van der Waals surface area contributed by atoms with E-state index in [1.54, 1.807) is 0 Å². The lowest BCUT2D eigenvalue weighted by Gasteiger charge is -2.40. The predicted octanol–water partition coefficient (Wildman–Crippen LogP) is 3.54. The first-order valence-electron chi connectivity index (χ1n) is 18.2. The number of carbonyl (C=O) groups is 1. The minimum absolute atomic E-state index is 0.246. The Morgan fingerprint density at radius 1 is 0.723 bits per heavy atom. The van der Waals surface area contributed by atoms with Gasteiger partial charge in [-0.3, -0.25) is 4.79 Å². The van der Waals surface area contributed by atoms with Gasteiger partial charge in [0.05, 0.1) is 25.4 Å². The average Bonchev–Trinajstić information content (AvgIpc) is 3.07. The summed E-state index contributed by atoms with van der Waals surface area (Å²) in [5, 5.41) is 74.7. The molecule has 1 aliphatic rings. The van der Waals surface area contributed by atoms with Crippen LogP contribution in [0.5, 0.6) is 0 Å². The van der Waals surface area contributed by atoms with Crippen LogP contribution in [-0.2, 0) is 14.3 Å². The summed E-state index contributed by atoms with van der Waals surface area (Å²) in [6, 6.07) is -1.18. The highest BCUT2D eigenvalue weighted by atomic mass is 16.7. The van der Waals surface area contributed by atoms with E-state index < -0.39 is 74.2 Å². The van der Waals surface area contributed by atoms with E-state index in [2.05, 4.69) is 37.4 Å². The maximum absolute atomic E-state index is 12.9. The van der Waals surface area contributed by atoms with Crippen LogP contribution in [0.4, 0.5) is 0 Å². The summed E-state index contributed by atoms with van der Waals surface area (Å²) in [4.78, 5) is 12.9. The van der Waals surface area contributed by atoms with Crippen LogP contribution in [0.2, 0.25) is 0 Å². The van der Waals surface area contributed by atoms with Crippen molar-refractivity contribution >= 4 is 5.91 Å². The third-order valence-corrected chi connectivity index (χ3v) is 8.71. The van der Waals surface area contributed by atoms with Crippen molar-refractivity contribution in [3.05, 3.63) is 24.3 Å². The number of carbonyl (C=O) groups excluding carboxylic acids is 1. The first-order valence-corrected chi connectivity index (χ1v) is 18.2. The number of hydrogen-bond acceptors (Lipinski definition) is 10. The van der Waals surface area contributed by atoms with Crippen LogP contribution in [0.15, 0.2) is 24.3 Å². The molecule has 1 amide bonds. The number of ether oxygens (including phenoxy) is 2. The molecule has 1 fully saturated rings. The molecule has 0 bridgehead atoms. The van der Waals surface area contributed by atoms with E-state index in [-0.39, 0.29) is 12.8 Å². The molecule has 1 aliphatic heterocycles. The van der Waals surface area contributed by atoms with E-state index in [0.717, 1.165) is 57.8 Å². The third-order valence-electron chi connectivity index (χ3n) is 8.71. The Labute approximate surface area is 283 Å². The smallest absolute Gasteiger partial charge is 0.249 e. The first-order chi connectivity index (χ1) is 22.7. The Hall–Kier alpha value is -1.41. The molecule has 0 aliphatic carbocycles. The lowest BCUT2D eigenvalue weighted by molar-refractivity contribution is -0.303. The molecule has 0 aromatic heterocycles. The van der Waals surface area contributed by atoms with E-state index in [1.807, 2.05) is 6.08 Å². The van der Waals surface area contributed by atoms with Crippen LogP contribution in [0.1, 0.15) is 129 Å². The quantitative estimate of drug-likeness (QED) is 0.0451. The summed E-state index contributed by atoms with van der Waals surface area (Å²) in [6.45, 7) is 3.23. The van der Waals surface area contributed by atoms with Gasteiger partial charge in [0.15, 0.2) is 6.29 Å². The zero-order chi connectivity index (χ0) is 34.9. The fourth-order valence-electron chi connectivity index (χ4n) is 5.56. The van der Waals surface area contributed by atoms with Crippen LogP contribution in [0, 0.1) is 0 Å². The van der Waals surface area contributed by atoms with Gasteiger partial charge in [-0.15, -0.1) is 0 Å². The number of amides is 1. The second-order valence-corrected chi connectivity index (χ2v) is 12.9. The van der Waals surface area contributed by atoms with Crippen molar-refractivity contribution in [3.63, 3.8) is 0 Å². The number of allylic oxidation sites excluding steroid dienone is 4. The number of rotatable bonds is 28. The molecule has 0 saturated carbocycles. The molecule has 0 aromatic rings. The molecule has 11 nitrogen and oxygen atoms in total. The maximum Gasteiger partial charge on any atom is 0.249 e. The Morgan fingerprint density at radius 2 is 1.30 bits per heavy atom. The summed E-state index contributed by atoms with van der Waals surface area (Å²) in [6.07, 6.45) is 14.3. The SMILES string of the molecule is CCC/C=C/CCCC(O)C(O)C(COC1OC(CO)C(O)C(O)C1O)NC(=O)C(O)CCCCCCCC/C=C\CCCCCC. The van der Waals surface area contributed by atoms with E-state index in [9.17, 15) is 40.5 Å². The zero-order valence-electron chi connectivity index (χ0n) is 29.0. The second kappa shape index (κ2) is 27.4. The number of unbranched alkanes of at least 4 members (excludes halogenated alkanes) is 12. The van der Waals surface area contributed by atoms with Crippen molar-refractivity contribution in [1.29, 1.82) is 0 Å². The summed E-state index contributed by atoms with van der Waals surface area (Å²) in [5.74, 6) is -0.720. The van der Waals surface area contributed by atoms with E-state index >= 15 is 0 Å². The van der Waals surface area contributed by atoms with Crippen molar-refractivity contribution in [2.75, 3.05) is 13.2 Å². The Kier molecular flexibility index (Phi) is 25.4. The maximum atomic E-state index is 12.9. The van der Waals surface area contributed by atoms with E-state index in [0.29, 0.717) is 12.8 Å². The van der Waals surface area contributed by atoms with Crippen molar-refractivity contribution in [2.45, 2.75) is 184 Å². The number of nitrogens with one attached hydrogen (secondary N) is 1. The van der Waals surface area contributed by atoms with Gasteiger partial charge in [0, 0.05) is 0 Å². The lowest BCUT2D eigenvalue weighted by atomic mass is 9.98. The Morgan fingerprint density at radius 3 is 1.91 bits per heavy atom. The minimum atomic E-state index is -1.66. The minimum Gasteiger partial charge on any atom is -0.394 e. The largest absolute Gasteiger partial charge is 0.394 e. The highest BCUT2D eigenvalue weighted by molar-refractivity contribution is 5.80. The van der Waals surface area contributed by atoms with Gasteiger partial charge in [0.1, 0.15) is 36.6 Å². The molecule has 8 N–H and O–H groups in total. The van der Waals surface area contributed by atoms with Crippen LogP contribution < -0.4 is 5.32 Å². The molecule has 9 unspecified atom stereocenters. The molecule has 1 saturated heterocycles. The number of hydrogen-bond donors (Lipinski definition) is 8. The standard InChI is InChI=1S/C36H67NO10/c1-3-5-7-9-11-12-13-14-15-16-17-18-20-22-24-29(40)35(45)37-27(31(41)28(39)23-21-19-10-8-6-4-2)26-46-36-34(44)33(43)32(42)30(25-38)47-36/h8,10,12-13,27-34,36,38-44H,3-7,9,11,14-26H2,1-2H3,(H,37,45)/b10-8+,13-12-. The van der Waals surface area contributed by atoms with Crippen molar-refractivity contribution < 1.29 is 50.0 Å². The number of aliphatic hydroxyl groups excluding tert-OH is 7. The lowest BCUT2D eigenvalue weighted by Crippen LogP contribution is -2.60. The number of aliphatic hydroxyl groups is 7. The van der Waals surface area contributed by atoms with Crippen LogP contribution in [0.3, 0.4) is 0 Å². The Balaban J connectivity index is 2.55. The molecule has 0 aromatic carbocycles. The third kappa shape index (κ3) is 18.8. The van der Waals surface area contributed by atoms with Gasteiger partial charge in [-0.05, 0) is 57.8 Å². The van der Waals surface area contributed by atoms with Crippen molar-refractivity contribution in [1.82, 2.24) is 5.32 Å². The summed E-state index contributed by atoms with van der Waals surface area (Å²) < 4.78 is 10.9. The molecule has 9 atom stereocenters. The first kappa shape index (κ1) is 43.6. The van der Waals surface area contributed by atoms with Gasteiger partial charge in [-0.25, -0.2) is 0 Å². The van der Waals surface area contributed by atoms with E-state index in [4.69, 9.17) is 9.47 Å². The topological polar surface area (TPSA) is 189 Å². The molecule has 47 heavy (non-hydrogen) atoms. The van der Waals surface area contributed by atoms with Gasteiger partial charge in [0.25, 0.3) is 0 Å². The molecule has 1 rings (SSSR count). The van der Waals surface area contributed by atoms with Gasteiger partial charge >= 0.3 is 0 Å². The molecule has 1 heterocycles. The van der Waals surface area contributed by atoms with Gasteiger partial charge in [0.2, 0.25) is 5.91 Å².